The number of benzene rings is 2. The number of rotatable bonds is 4. The van der Waals surface area contributed by atoms with Crippen molar-refractivity contribution in [2.24, 2.45) is 0 Å². The van der Waals surface area contributed by atoms with Crippen LogP contribution in [0.3, 0.4) is 0 Å². The van der Waals surface area contributed by atoms with Crippen molar-refractivity contribution in [3.8, 4) is 0 Å². The van der Waals surface area contributed by atoms with Gasteiger partial charge in [-0.05, 0) is 29.8 Å². The molecule has 2 aromatic rings. The summed E-state index contributed by atoms with van der Waals surface area (Å²) in [5, 5.41) is 0.0140. The van der Waals surface area contributed by atoms with E-state index in [4.69, 9.17) is 4.74 Å². The maximum atomic E-state index is 13.1. The molecule has 0 amide bonds. The van der Waals surface area contributed by atoms with Crippen LogP contribution in [0.15, 0.2) is 93.6 Å². The molecule has 1 fully saturated rings. The Labute approximate surface area is 152 Å². The molecule has 26 heavy (non-hydrogen) atoms. The summed E-state index contributed by atoms with van der Waals surface area (Å²) in [6, 6.07) is 16.0. The highest BCUT2D eigenvalue weighted by atomic mass is 32.2. The number of fused-ring (bicyclic) bond motifs is 2. The molecule has 0 spiro atoms. The molecule has 2 aliphatic rings. The average molecular weight is 388 g/mol. The van der Waals surface area contributed by atoms with Crippen LogP contribution in [-0.4, -0.2) is 34.3 Å². The molecule has 1 saturated heterocycles. The van der Waals surface area contributed by atoms with Crippen LogP contribution in [0.4, 0.5) is 0 Å². The van der Waals surface area contributed by atoms with Crippen LogP contribution < -0.4 is 0 Å². The molecule has 5 nitrogen and oxygen atoms in total. The van der Waals surface area contributed by atoms with Crippen molar-refractivity contribution in [3.05, 3.63) is 83.8 Å². The summed E-state index contributed by atoms with van der Waals surface area (Å²) >= 11 is 0. The van der Waals surface area contributed by atoms with Gasteiger partial charge in [0.1, 0.15) is 5.25 Å². The summed E-state index contributed by atoms with van der Waals surface area (Å²) in [4.78, 5) is 0.271. The number of hydrogen-bond acceptors (Lipinski definition) is 5. The van der Waals surface area contributed by atoms with E-state index in [-0.39, 0.29) is 15.4 Å². The van der Waals surface area contributed by atoms with Crippen molar-refractivity contribution in [2.75, 3.05) is 0 Å². The molecule has 0 aromatic heterocycles. The van der Waals surface area contributed by atoms with Gasteiger partial charge in [0.2, 0.25) is 0 Å². The smallest absolute Gasteiger partial charge is 0.199 e. The quantitative estimate of drug-likeness (QED) is 0.752. The zero-order valence-corrected chi connectivity index (χ0v) is 15.2. The molecule has 7 heteroatoms. The molecule has 134 valence electrons. The minimum Gasteiger partial charge on any atom is -0.361 e. The van der Waals surface area contributed by atoms with E-state index in [1.807, 2.05) is 0 Å². The molecule has 0 aliphatic carbocycles. The summed E-state index contributed by atoms with van der Waals surface area (Å²) in [6.07, 6.45) is 2.07. The lowest BCUT2D eigenvalue weighted by Crippen LogP contribution is -2.32. The van der Waals surface area contributed by atoms with Crippen LogP contribution in [-0.2, 0) is 24.4 Å². The summed E-state index contributed by atoms with van der Waals surface area (Å²) in [6.45, 7) is 0. The van der Waals surface area contributed by atoms with Crippen LogP contribution in [0.5, 0.6) is 0 Å². The first-order valence-electron chi connectivity index (χ1n) is 8.04. The average Bonchev–Trinajstić information content (AvgIpc) is 3.24. The highest BCUT2D eigenvalue weighted by Crippen LogP contribution is 2.41. The number of hydrogen-bond donors (Lipinski definition) is 0. The lowest BCUT2D eigenvalue weighted by Gasteiger charge is -2.19. The van der Waals surface area contributed by atoms with E-state index >= 15 is 0 Å². The first-order chi connectivity index (χ1) is 12.4. The van der Waals surface area contributed by atoms with Crippen molar-refractivity contribution in [1.82, 2.24) is 0 Å². The normalized spacial score (nSPS) is 26.5. The Kier molecular flexibility index (Phi) is 4.10. The predicted octanol–water partition coefficient (Wildman–Crippen LogP) is 2.52. The lowest BCUT2D eigenvalue weighted by molar-refractivity contribution is 0.128. The first-order valence-corrected chi connectivity index (χ1v) is 11.1. The minimum absolute atomic E-state index is 0.120. The third-order valence-corrected chi connectivity index (χ3v) is 8.15. The molecule has 0 N–H and O–H groups in total. The molecule has 0 unspecified atom stereocenters. The van der Waals surface area contributed by atoms with E-state index in [1.165, 1.54) is 24.3 Å². The Hall–Kier alpha value is -2.22. The summed E-state index contributed by atoms with van der Waals surface area (Å²) in [7, 11) is -7.56. The van der Waals surface area contributed by atoms with Crippen molar-refractivity contribution >= 4 is 19.7 Å². The molecule has 0 radical (unpaired) electrons. The second kappa shape index (κ2) is 6.19. The molecule has 2 bridgehead atoms. The van der Waals surface area contributed by atoms with E-state index in [2.05, 4.69) is 0 Å². The van der Waals surface area contributed by atoms with Crippen molar-refractivity contribution in [1.29, 1.82) is 0 Å². The summed E-state index contributed by atoms with van der Waals surface area (Å²) < 4.78 is 57.3. The minimum atomic E-state index is -3.78. The molecule has 4 rings (SSSR count). The maximum Gasteiger partial charge on any atom is 0.199 e. The molecule has 2 heterocycles. The van der Waals surface area contributed by atoms with Crippen LogP contribution in [0, 0.1) is 0 Å². The second-order valence-electron chi connectivity index (χ2n) is 6.16. The standard InChI is InChI=1S/C19H16O5S2/c20-25(21,14-7-3-1-4-8-14)13-16-17-11-12-18(24-17)19(16)26(22,23)15-9-5-2-6-10-15/h1-13,17-19H/b16-13-/t17-,18+,19-/m0/s1. The van der Waals surface area contributed by atoms with Gasteiger partial charge >= 0.3 is 0 Å². The number of ether oxygens (including phenoxy) is 1. The lowest BCUT2D eigenvalue weighted by atomic mass is 10.0. The zero-order valence-electron chi connectivity index (χ0n) is 13.6. The van der Waals surface area contributed by atoms with Crippen molar-refractivity contribution < 1.29 is 21.6 Å². The topological polar surface area (TPSA) is 77.5 Å². The second-order valence-corrected chi connectivity index (χ2v) is 10.0. The third kappa shape index (κ3) is 2.82. The van der Waals surface area contributed by atoms with E-state index in [0.29, 0.717) is 0 Å². The van der Waals surface area contributed by atoms with Gasteiger partial charge in [0.15, 0.2) is 19.7 Å². The van der Waals surface area contributed by atoms with E-state index in [1.54, 1.807) is 48.6 Å². The van der Waals surface area contributed by atoms with Crippen LogP contribution >= 0.6 is 0 Å². The Morgan fingerprint density at radius 2 is 1.35 bits per heavy atom. The van der Waals surface area contributed by atoms with Gasteiger partial charge in [-0.25, -0.2) is 16.8 Å². The fourth-order valence-electron chi connectivity index (χ4n) is 3.29. The van der Waals surface area contributed by atoms with Gasteiger partial charge in [-0.1, -0.05) is 48.6 Å². The van der Waals surface area contributed by atoms with E-state index in [0.717, 1.165) is 5.41 Å². The fourth-order valence-corrected chi connectivity index (χ4v) is 6.58. The van der Waals surface area contributed by atoms with Gasteiger partial charge in [0.05, 0.1) is 22.0 Å². The molecule has 0 saturated carbocycles. The van der Waals surface area contributed by atoms with Crippen molar-refractivity contribution in [2.45, 2.75) is 27.2 Å². The monoisotopic (exact) mass is 388 g/mol. The van der Waals surface area contributed by atoms with Crippen LogP contribution in [0.25, 0.3) is 0 Å². The van der Waals surface area contributed by atoms with Gasteiger partial charge < -0.3 is 4.74 Å². The van der Waals surface area contributed by atoms with Gasteiger partial charge in [-0.15, -0.1) is 0 Å². The Balaban J connectivity index is 1.82. The Morgan fingerprint density at radius 1 is 0.769 bits per heavy atom. The molecule has 2 aliphatic heterocycles. The fraction of sp³-hybridized carbons (Fsp3) is 0.158. The van der Waals surface area contributed by atoms with Gasteiger partial charge in [0.25, 0.3) is 0 Å². The summed E-state index contributed by atoms with van der Waals surface area (Å²) in [5.74, 6) is 0. The third-order valence-electron chi connectivity index (χ3n) is 4.50. The van der Waals surface area contributed by atoms with Gasteiger partial charge in [-0.3, -0.25) is 0 Å². The summed E-state index contributed by atoms with van der Waals surface area (Å²) in [5.41, 5.74) is 0.255. The molecular formula is C19H16O5S2. The van der Waals surface area contributed by atoms with Crippen LogP contribution in [0.2, 0.25) is 0 Å². The Morgan fingerprint density at radius 3 is 1.96 bits per heavy atom. The van der Waals surface area contributed by atoms with Crippen molar-refractivity contribution in [3.63, 3.8) is 0 Å². The highest BCUT2D eigenvalue weighted by molar-refractivity contribution is 7.94. The largest absolute Gasteiger partial charge is 0.361 e. The van der Waals surface area contributed by atoms with E-state index in [9.17, 15) is 16.8 Å². The highest BCUT2D eigenvalue weighted by Gasteiger charge is 2.49. The van der Waals surface area contributed by atoms with Gasteiger partial charge in [0, 0.05) is 5.41 Å². The molecule has 2 aromatic carbocycles. The first kappa shape index (κ1) is 17.2. The SMILES string of the molecule is O=S(=O)(/C=C1/[C@@H]2C=C[C@@H](O2)[C@H]1S(=O)(=O)c1ccccc1)c1ccccc1. The maximum absolute atomic E-state index is 13.1. The molecular weight excluding hydrogens is 372 g/mol. The Bertz CT molecular complexity index is 1090. The van der Waals surface area contributed by atoms with Gasteiger partial charge in [-0.2, -0.15) is 0 Å². The number of sulfone groups is 2. The van der Waals surface area contributed by atoms with Crippen LogP contribution in [0.1, 0.15) is 0 Å². The molecule has 3 atom stereocenters. The predicted molar refractivity (Wildman–Crippen MR) is 96.9 cm³/mol. The zero-order chi connectivity index (χ0) is 18.4. The van der Waals surface area contributed by atoms with E-state index < -0.39 is 37.1 Å².